The van der Waals surface area contributed by atoms with Gasteiger partial charge in [-0.05, 0) is 36.2 Å². The van der Waals surface area contributed by atoms with Crippen LogP contribution in [0.25, 0.3) is 0 Å². The zero-order valence-corrected chi connectivity index (χ0v) is 17.1. The van der Waals surface area contributed by atoms with Crippen molar-refractivity contribution >= 4 is 5.91 Å². The molecule has 9 heteroatoms. The summed E-state index contributed by atoms with van der Waals surface area (Å²) in [5.74, 6) is -4.79. The van der Waals surface area contributed by atoms with E-state index in [1.807, 2.05) is 6.92 Å². The number of aromatic nitrogens is 2. The van der Waals surface area contributed by atoms with Crippen LogP contribution >= 0.6 is 0 Å². The lowest BCUT2D eigenvalue weighted by Crippen LogP contribution is -2.47. The normalized spacial score (nSPS) is 16.7. The lowest BCUT2D eigenvalue weighted by Gasteiger charge is -2.39. The van der Waals surface area contributed by atoms with Gasteiger partial charge in [0.05, 0.1) is 12.2 Å². The third kappa shape index (κ3) is 3.63. The Bertz CT molecular complexity index is 1220. The second kappa shape index (κ2) is 8.49. The highest BCUT2D eigenvalue weighted by molar-refractivity contribution is 5.95. The van der Waals surface area contributed by atoms with Gasteiger partial charge < -0.3 is 10.0 Å². The minimum atomic E-state index is -1.10. The molecule has 1 aromatic heterocycles. The highest BCUT2D eigenvalue weighted by atomic mass is 19.1. The van der Waals surface area contributed by atoms with Gasteiger partial charge in [0.15, 0.2) is 11.4 Å². The molecule has 1 N–H and O–H groups in total. The highest BCUT2D eigenvalue weighted by Crippen LogP contribution is 2.41. The number of carbonyl (C=O) groups excluding carboxylic acids is 1. The summed E-state index contributed by atoms with van der Waals surface area (Å²) in [4.78, 5) is 26.4. The summed E-state index contributed by atoms with van der Waals surface area (Å²) in [6.45, 7) is 2.12. The van der Waals surface area contributed by atoms with Crippen molar-refractivity contribution in [2.24, 2.45) is 0 Å². The molecular formula is C23H20F3N3O3. The van der Waals surface area contributed by atoms with Gasteiger partial charge in [-0.25, -0.2) is 13.2 Å². The van der Waals surface area contributed by atoms with Crippen molar-refractivity contribution in [3.8, 4) is 5.75 Å². The molecule has 0 bridgehead atoms. The monoisotopic (exact) mass is 443 g/mol. The Morgan fingerprint density at radius 3 is 2.47 bits per heavy atom. The number of rotatable bonds is 5. The van der Waals surface area contributed by atoms with Crippen LogP contribution in [0.5, 0.6) is 5.75 Å². The Morgan fingerprint density at radius 2 is 1.81 bits per heavy atom. The number of hydrogen-bond acceptors (Lipinski definition) is 4. The number of fused-ring (bicyclic) bond motifs is 1. The summed E-state index contributed by atoms with van der Waals surface area (Å²) >= 11 is 0. The van der Waals surface area contributed by atoms with E-state index in [1.165, 1.54) is 35.2 Å². The highest BCUT2D eigenvalue weighted by Gasteiger charge is 2.41. The van der Waals surface area contributed by atoms with E-state index in [4.69, 9.17) is 0 Å². The third-order valence-corrected chi connectivity index (χ3v) is 5.59. The van der Waals surface area contributed by atoms with Crippen molar-refractivity contribution in [2.75, 3.05) is 13.1 Å². The summed E-state index contributed by atoms with van der Waals surface area (Å²) in [5, 5.41) is 14.4. The van der Waals surface area contributed by atoms with E-state index in [2.05, 4.69) is 5.10 Å². The van der Waals surface area contributed by atoms with E-state index in [0.29, 0.717) is 6.42 Å². The molecule has 4 rings (SSSR count). The summed E-state index contributed by atoms with van der Waals surface area (Å²) in [5.41, 5.74) is -1.27. The molecule has 1 amide bonds. The maximum atomic E-state index is 14.9. The number of amides is 1. The first-order valence-corrected chi connectivity index (χ1v) is 10.1. The molecule has 0 saturated carbocycles. The SMILES string of the molecule is CCCN1CC(C(c2cccc(F)c2)c2c(F)cccc2F)n2ncc(=O)c(O)c2C1=O. The Balaban J connectivity index is 2.01. The van der Waals surface area contributed by atoms with Gasteiger partial charge in [-0.15, -0.1) is 0 Å². The Morgan fingerprint density at radius 1 is 1.12 bits per heavy atom. The number of aromatic hydroxyl groups is 1. The number of hydrogen-bond donors (Lipinski definition) is 1. The van der Waals surface area contributed by atoms with Crippen molar-refractivity contribution in [2.45, 2.75) is 25.3 Å². The number of carbonyl (C=O) groups is 1. The van der Waals surface area contributed by atoms with Crippen LogP contribution in [0.3, 0.4) is 0 Å². The van der Waals surface area contributed by atoms with Crippen LogP contribution in [0.2, 0.25) is 0 Å². The van der Waals surface area contributed by atoms with Crippen LogP contribution in [0.15, 0.2) is 53.5 Å². The molecule has 0 fully saturated rings. The first-order valence-electron chi connectivity index (χ1n) is 10.1. The predicted molar refractivity (Wildman–Crippen MR) is 110 cm³/mol. The van der Waals surface area contributed by atoms with Gasteiger partial charge >= 0.3 is 0 Å². The maximum Gasteiger partial charge on any atom is 0.276 e. The van der Waals surface area contributed by atoms with Crippen LogP contribution < -0.4 is 5.43 Å². The molecule has 2 unspecified atom stereocenters. The van der Waals surface area contributed by atoms with Gasteiger partial charge in [-0.1, -0.05) is 25.1 Å². The van der Waals surface area contributed by atoms with Crippen LogP contribution in [-0.2, 0) is 0 Å². The summed E-state index contributed by atoms with van der Waals surface area (Å²) in [7, 11) is 0. The fraction of sp³-hybridized carbons (Fsp3) is 0.261. The van der Waals surface area contributed by atoms with Gasteiger partial charge in [0.1, 0.15) is 17.5 Å². The minimum absolute atomic E-state index is 0.00998. The van der Waals surface area contributed by atoms with Gasteiger partial charge in [-0.3, -0.25) is 14.3 Å². The lowest BCUT2D eigenvalue weighted by molar-refractivity contribution is 0.0633. The van der Waals surface area contributed by atoms with Gasteiger partial charge in [0.25, 0.3) is 5.91 Å². The molecule has 6 nitrogen and oxygen atoms in total. The van der Waals surface area contributed by atoms with Crippen LogP contribution in [0.4, 0.5) is 13.2 Å². The van der Waals surface area contributed by atoms with Crippen molar-refractivity contribution in [3.63, 3.8) is 0 Å². The lowest BCUT2D eigenvalue weighted by atomic mass is 9.83. The first-order chi connectivity index (χ1) is 15.3. The van der Waals surface area contributed by atoms with E-state index < -0.39 is 46.5 Å². The van der Waals surface area contributed by atoms with Crippen molar-refractivity contribution in [1.29, 1.82) is 0 Å². The molecule has 166 valence electrons. The second-order valence-corrected chi connectivity index (χ2v) is 7.64. The van der Waals surface area contributed by atoms with E-state index in [0.717, 1.165) is 23.0 Å². The average molecular weight is 443 g/mol. The predicted octanol–water partition coefficient (Wildman–Crippen LogP) is 3.61. The summed E-state index contributed by atoms with van der Waals surface area (Å²) in [6, 6.07) is 7.82. The number of halogens is 3. The molecule has 2 aromatic carbocycles. The second-order valence-electron chi connectivity index (χ2n) is 7.64. The van der Waals surface area contributed by atoms with Crippen LogP contribution in [-0.4, -0.2) is 38.8 Å². The maximum absolute atomic E-state index is 14.9. The smallest absolute Gasteiger partial charge is 0.276 e. The molecule has 0 spiro atoms. The third-order valence-electron chi connectivity index (χ3n) is 5.59. The zero-order valence-electron chi connectivity index (χ0n) is 17.1. The van der Waals surface area contributed by atoms with E-state index in [1.54, 1.807) is 0 Å². The number of benzene rings is 2. The molecule has 2 atom stereocenters. The molecule has 3 aromatic rings. The fourth-order valence-corrected chi connectivity index (χ4v) is 4.24. The largest absolute Gasteiger partial charge is 0.502 e. The van der Waals surface area contributed by atoms with Crippen LogP contribution in [0, 0.1) is 17.5 Å². The molecule has 1 aliphatic rings. The zero-order chi connectivity index (χ0) is 23.0. The Labute approximate surface area is 181 Å². The van der Waals surface area contributed by atoms with Crippen molar-refractivity contribution in [3.05, 3.63) is 93.2 Å². The standard InChI is InChI=1S/C23H20F3N3O3/c1-2-9-28-12-17(29-21(23(28)32)22(31)18(30)11-27-29)19(13-5-3-6-14(24)10-13)20-15(25)7-4-8-16(20)26/h3-8,10-11,17,19,31H,2,9,12H2,1H3. The topological polar surface area (TPSA) is 75.4 Å². The molecule has 1 aliphatic heterocycles. The molecule has 0 aliphatic carbocycles. The molecular weight excluding hydrogens is 423 g/mol. The van der Waals surface area contributed by atoms with E-state index >= 15 is 0 Å². The summed E-state index contributed by atoms with van der Waals surface area (Å²) in [6.07, 6.45) is 1.41. The quantitative estimate of drug-likeness (QED) is 0.654. The first kappa shape index (κ1) is 21.6. The van der Waals surface area contributed by atoms with E-state index in [9.17, 15) is 27.9 Å². The Hall–Kier alpha value is -3.62. The molecule has 32 heavy (non-hydrogen) atoms. The fourth-order valence-electron chi connectivity index (χ4n) is 4.24. The van der Waals surface area contributed by atoms with Crippen LogP contribution in [0.1, 0.15) is 46.9 Å². The molecule has 0 saturated heterocycles. The molecule has 2 heterocycles. The van der Waals surface area contributed by atoms with Gasteiger partial charge in [0.2, 0.25) is 5.43 Å². The number of nitrogens with zero attached hydrogens (tertiary/aromatic N) is 3. The Kier molecular flexibility index (Phi) is 5.73. The minimum Gasteiger partial charge on any atom is -0.502 e. The average Bonchev–Trinajstić information content (AvgIpc) is 2.75. The van der Waals surface area contributed by atoms with Gasteiger partial charge in [-0.2, -0.15) is 5.10 Å². The van der Waals surface area contributed by atoms with E-state index in [-0.39, 0.29) is 29.9 Å². The van der Waals surface area contributed by atoms with Crippen molar-refractivity contribution in [1.82, 2.24) is 14.7 Å². The molecule has 0 radical (unpaired) electrons. The van der Waals surface area contributed by atoms with Crippen molar-refractivity contribution < 1.29 is 23.1 Å². The van der Waals surface area contributed by atoms with Gasteiger partial charge in [0, 0.05) is 24.6 Å². The summed E-state index contributed by atoms with van der Waals surface area (Å²) < 4.78 is 45.1.